The van der Waals surface area contributed by atoms with Crippen LogP contribution in [-0.4, -0.2) is 48.3 Å². The Bertz CT molecular complexity index is 999. The van der Waals surface area contributed by atoms with Crippen LogP contribution >= 0.6 is 11.3 Å². The molecule has 0 spiro atoms. The second kappa shape index (κ2) is 8.06. The van der Waals surface area contributed by atoms with Crippen LogP contribution in [0.25, 0.3) is 10.6 Å². The van der Waals surface area contributed by atoms with Crippen molar-refractivity contribution in [1.29, 1.82) is 0 Å². The van der Waals surface area contributed by atoms with Crippen molar-refractivity contribution in [3.8, 4) is 10.6 Å². The van der Waals surface area contributed by atoms with Crippen LogP contribution in [0.1, 0.15) is 40.7 Å². The van der Waals surface area contributed by atoms with Gasteiger partial charge in [-0.2, -0.15) is 13.2 Å². The Hall–Kier alpha value is -1.94. The van der Waals surface area contributed by atoms with E-state index < -0.39 is 21.6 Å². The molecule has 0 N–H and O–H groups in total. The Morgan fingerprint density at radius 2 is 1.93 bits per heavy atom. The first kappa shape index (κ1) is 21.8. The van der Waals surface area contributed by atoms with E-state index in [1.54, 1.807) is 11.8 Å². The second-order valence-electron chi connectivity index (χ2n) is 7.06. The lowest BCUT2D eigenvalue weighted by molar-refractivity contribution is -0.137. The van der Waals surface area contributed by atoms with Crippen LogP contribution < -0.4 is 0 Å². The molecule has 1 aromatic carbocycles. The van der Waals surface area contributed by atoms with E-state index in [4.69, 9.17) is 0 Å². The number of hydrogen-bond acceptors (Lipinski definition) is 5. The Labute approximate surface area is 171 Å². The number of amides is 1. The minimum atomic E-state index is -4.42. The highest BCUT2D eigenvalue weighted by Gasteiger charge is 2.36. The van der Waals surface area contributed by atoms with Gasteiger partial charge in [-0.15, -0.1) is 11.3 Å². The average molecular weight is 447 g/mol. The summed E-state index contributed by atoms with van der Waals surface area (Å²) in [5, 5.41) is 0.454. The van der Waals surface area contributed by atoms with Gasteiger partial charge in [0.1, 0.15) is 9.88 Å². The van der Waals surface area contributed by atoms with Gasteiger partial charge in [-0.25, -0.2) is 13.4 Å². The molecular formula is C19H21F3N2O3S2. The van der Waals surface area contributed by atoms with Crippen LogP contribution in [0.15, 0.2) is 24.3 Å². The highest BCUT2D eigenvalue weighted by molar-refractivity contribution is 7.91. The summed E-state index contributed by atoms with van der Waals surface area (Å²) in [4.78, 5) is 19.5. The van der Waals surface area contributed by atoms with Crippen molar-refractivity contribution >= 4 is 27.1 Å². The van der Waals surface area contributed by atoms with Crippen molar-refractivity contribution in [2.24, 2.45) is 0 Å². The second-order valence-corrected chi connectivity index (χ2v) is 10.3. The fraction of sp³-hybridized carbons (Fsp3) is 0.474. The molecule has 5 nitrogen and oxygen atoms in total. The Kier molecular flexibility index (Phi) is 6.05. The fourth-order valence-corrected chi connectivity index (χ4v) is 6.12. The number of carbonyl (C=O) groups excluding carboxylic acids is 1. The number of alkyl halides is 3. The monoisotopic (exact) mass is 446 g/mol. The van der Waals surface area contributed by atoms with Gasteiger partial charge in [-0.1, -0.05) is 19.1 Å². The van der Waals surface area contributed by atoms with E-state index in [1.165, 1.54) is 12.1 Å². The molecule has 158 valence electrons. The molecule has 2 heterocycles. The number of benzene rings is 1. The normalized spacial score (nSPS) is 18.7. The number of sulfone groups is 1. The largest absolute Gasteiger partial charge is 0.416 e. The van der Waals surface area contributed by atoms with Gasteiger partial charge in [0.15, 0.2) is 9.84 Å². The van der Waals surface area contributed by atoms with Crippen LogP contribution in [0.4, 0.5) is 13.2 Å². The molecule has 1 aliphatic rings. The minimum Gasteiger partial charge on any atom is -0.334 e. The Morgan fingerprint density at radius 3 is 2.45 bits per heavy atom. The molecule has 2 aromatic rings. The van der Waals surface area contributed by atoms with E-state index in [9.17, 15) is 26.4 Å². The number of carbonyl (C=O) groups is 1. The maximum absolute atomic E-state index is 13.1. The van der Waals surface area contributed by atoms with Gasteiger partial charge in [0.2, 0.25) is 0 Å². The van der Waals surface area contributed by atoms with E-state index >= 15 is 0 Å². The Balaban J connectivity index is 1.87. The smallest absolute Gasteiger partial charge is 0.334 e. The summed E-state index contributed by atoms with van der Waals surface area (Å²) in [6.07, 6.45) is -3.32. The van der Waals surface area contributed by atoms with E-state index in [2.05, 4.69) is 4.98 Å². The van der Waals surface area contributed by atoms with Crippen LogP contribution in [0.3, 0.4) is 0 Å². The third-order valence-electron chi connectivity index (χ3n) is 4.82. The summed E-state index contributed by atoms with van der Waals surface area (Å²) in [6.45, 7) is 4.02. The Morgan fingerprint density at radius 1 is 1.28 bits per heavy atom. The molecule has 3 rings (SSSR count). The number of rotatable bonds is 5. The summed E-state index contributed by atoms with van der Waals surface area (Å²) >= 11 is 1.11. The molecular weight excluding hydrogens is 425 g/mol. The quantitative estimate of drug-likeness (QED) is 0.691. The molecule has 29 heavy (non-hydrogen) atoms. The number of halogens is 3. The molecule has 1 saturated heterocycles. The lowest BCUT2D eigenvalue weighted by Crippen LogP contribution is -2.41. The highest BCUT2D eigenvalue weighted by atomic mass is 32.2. The van der Waals surface area contributed by atoms with Crippen LogP contribution in [0, 0.1) is 6.92 Å². The number of nitrogens with zero attached hydrogens (tertiary/aromatic N) is 2. The summed E-state index contributed by atoms with van der Waals surface area (Å²) in [5.74, 6) is -0.242. The standard InChI is InChI=1S/C19H21F3N2O3S2/c1-3-9-24(15-8-10-29(26,27)11-15)18(25)16-12(2)23-17(28-16)13-4-6-14(7-5-13)19(20,21)22/h4-7,15H,3,8-11H2,1-2H3/t15-/m0/s1. The molecule has 1 fully saturated rings. The number of hydrogen-bond donors (Lipinski definition) is 0. The summed E-state index contributed by atoms with van der Waals surface area (Å²) in [6, 6.07) is 4.29. The zero-order chi connectivity index (χ0) is 21.4. The molecule has 1 aliphatic heterocycles. The molecule has 0 saturated carbocycles. The maximum Gasteiger partial charge on any atom is 0.416 e. The number of aromatic nitrogens is 1. The molecule has 1 atom stereocenters. The number of aryl methyl sites for hydroxylation is 1. The van der Waals surface area contributed by atoms with Crippen molar-refractivity contribution in [3.05, 3.63) is 40.4 Å². The van der Waals surface area contributed by atoms with Crippen LogP contribution in [0.2, 0.25) is 0 Å². The zero-order valence-electron chi connectivity index (χ0n) is 16.0. The van der Waals surface area contributed by atoms with Gasteiger partial charge in [0.05, 0.1) is 22.8 Å². The zero-order valence-corrected chi connectivity index (χ0v) is 17.6. The van der Waals surface area contributed by atoms with Crippen molar-refractivity contribution < 1.29 is 26.4 Å². The number of thiazole rings is 1. The molecule has 1 amide bonds. The van der Waals surface area contributed by atoms with Crippen molar-refractivity contribution in [1.82, 2.24) is 9.88 Å². The van der Waals surface area contributed by atoms with Gasteiger partial charge in [-0.05, 0) is 31.9 Å². The molecule has 0 bridgehead atoms. The van der Waals surface area contributed by atoms with Crippen molar-refractivity contribution in [3.63, 3.8) is 0 Å². The van der Waals surface area contributed by atoms with Gasteiger partial charge in [0, 0.05) is 18.2 Å². The predicted octanol–water partition coefficient (Wildman–Crippen LogP) is 4.18. The minimum absolute atomic E-state index is 0.0393. The first-order chi connectivity index (χ1) is 13.5. The van der Waals surface area contributed by atoms with Crippen molar-refractivity contribution in [2.45, 2.75) is 38.9 Å². The highest BCUT2D eigenvalue weighted by Crippen LogP contribution is 2.34. The first-order valence-electron chi connectivity index (χ1n) is 9.18. The lowest BCUT2D eigenvalue weighted by Gasteiger charge is -2.27. The molecule has 1 aromatic heterocycles. The summed E-state index contributed by atoms with van der Waals surface area (Å²) in [7, 11) is -3.14. The third-order valence-corrected chi connectivity index (χ3v) is 7.77. The molecule has 0 unspecified atom stereocenters. The fourth-order valence-electron chi connectivity index (χ4n) is 3.36. The van der Waals surface area contributed by atoms with E-state index in [0.29, 0.717) is 40.5 Å². The van der Waals surface area contributed by atoms with Gasteiger partial charge < -0.3 is 4.90 Å². The molecule has 10 heteroatoms. The molecule has 0 radical (unpaired) electrons. The molecule has 0 aliphatic carbocycles. The topological polar surface area (TPSA) is 67.3 Å². The van der Waals surface area contributed by atoms with Gasteiger partial charge >= 0.3 is 6.18 Å². The first-order valence-corrected chi connectivity index (χ1v) is 11.8. The average Bonchev–Trinajstić information content (AvgIpc) is 3.20. The SMILES string of the molecule is CCCN(C(=O)c1sc(-c2ccc(C(F)(F)F)cc2)nc1C)[C@H]1CCS(=O)(=O)C1. The maximum atomic E-state index is 13.1. The van der Waals surface area contributed by atoms with E-state index in [1.807, 2.05) is 6.92 Å². The van der Waals surface area contributed by atoms with Crippen molar-refractivity contribution in [2.75, 3.05) is 18.1 Å². The van der Waals surface area contributed by atoms with E-state index in [0.717, 1.165) is 23.5 Å². The third kappa shape index (κ3) is 4.80. The summed E-state index contributed by atoms with van der Waals surface area (Å²) < 4.78 is 61.9. The van der Waals surface area contributed by atoms with Gasteiger partial charge in [-0.3, -0.25) is 4.79 Å². The lowest BCUT2D eigenvalue weighted by atomic mass is 10.1. The van der Waals surface area contributed by atoms with E-state index in [-0.39, 0.29) is 23.5 Å². The van der Waals surface area contributed by atoms with Crippen LogP contribution in [0.5, 0.6) is 0 Å². The summed E-state index contributed by atoms with van der Waals surface area (Å²) in [5.41, 5.74) is 0.231. The van der Waals surface area contributed by atoms with Crippen LogP contribution in [-0.2, 0) is 16.0 Å². The van der Waals surface area contributed by atoms with Gasteiger partial charge in [0.25, 0.3) is 5.91 Å². The predicted molar refractivity (Wildman–Crippen MR) is 106 cm³/mol.